The third-order valence-corrected chi connectivity index (χ3v) is 4.21. The van der Waals surface area contributed by atoms with Crippen molar-refractivity contribution < 1.29 is 14.3 Å². The number of likely N-dealkylation sites (tertiary alicyclic amines) is 1. The van der Waals surface area contributed by atoms with Gasteiger partial charge < -0.3 is 14.4 Å². The van der Waals surface area contributed by atoms with Gasteiger partial charge in [0.25, 0.3) is 5.91 Å². The molecule has 3 heterocycles. The van der Waals surface area contributed by atoms with Crippen molar-refractivity contribution in [1.29, 1.82) is 0 Å². The number of benzene rings is 1. The van der Waals surface area contributed by atoms with Gasteiger partial charge in [-0.15, -0.1) is 0 Å². The van der Waals surface area contributed by atoms with Gasteiger partial charge in [0.05, 0.1) is 31.5 Å². The zero-order chi connectivity index (χ0) is 14.3. The molecule has 1 spiro atoms. The number of rotatable bonds is 1. The van der Waals surface area contributed by atoms with Crippen molar-refractivity contribution in [3.05, 3.63) is 30.0 Å². The van der Waals surface area contributed by atoms with E-state index in [1.54, 1.807) is 6.20 Å². The van der Waals surface area contributed by atoms with E-state index in [1.165, 1.54) is 0 Å². The van der Waals surface area contributed by atoms with Crippen molar-refractivity contribution in [2.24, 2.45) is 0 Å². The van der Waals surface area contributed by atoms with Crippen LogP contribution in [0.15, 0.2) is 24.4 Å². The number of fused-ring (bicyclic) bond motifs is 1. The summed E-state index contributed by atoms with van der Waals surface area (Å²) in [6.45, 7) is 2.48. The van der Waals surface area contributed by atoms with E-state index in [1.807, 2.05) is 23.1 Å². The fraction of sp³-hybridized carbons (Fsp3) is 0.467. The minimum atomic E-state index is -0.576. The van der Waals surface area contributed by atoms with Crippen molar-refractivity contribution in [1.82, 2.24) is 15.1 Å². The minimum absolute atomic E-state index is 0.0243. The van der Waals surface area contributed by atoms with E-state index in [4.69, 9.17) is 9.47 Å². The summed E-state index contributed by atoms with van der Waals surface area (Å²) >= 11 is 0. The average molecular weight is 287 g/mol. The van der Waals surface area contributed by atoms with Gasteiger partial charge in [0.1, 0.15) is 0 Å². The van der Waals surface area contributed by atoms with Gasteiger partial charge >= 0.3 is 0 Å². The molecule has 21 heavy (non-hydrogen) atoms. The Morgan fingerprint density at radius 1 is 1.33 bits per heavy atom. The van der Waals surface area contributed by atoms with Crippen molar-refractivity contribution in [2.45, 2.75) is 18.6 Å². The van der Waals surface area contributed by atoms with Crippen LogP contribution in [0.25, 0.3) is 10.9 Å². The molecular formula is C15H17N3O3. The lowest BCUT2D eigenvalue weighted by Gasteiger charge is -2.38. The summed E-state index contributed by atoms with van der Waals surface area (Å²) in [6, 6.07) is 5.59. The number of carbonyl (C=O) groups excluding carboxylic acids is 1. The van der Waals surface area contributed by atoms with Crippen LogP contribution in [0.4, 0.5) is 0 Å². The predicted octanol–water partition coefficient (Wildman–Crippen LogP) is 1.54. The number of hydrogen-bond donors (Lipinski definition) is 1. The van der Waals surface area contributed by atoms with Crippen LogP contribution in [0.1, 0.15) is 23.2 Å². The van der Waals surface area contributed by atoms with Crippen LogP contribution in [0, 0.1) is 0 Å². The molecule has 1 aromatic carbocycles. The largest absolute Gasteiger partial charge is 0.346 e. The summed E-state index contributed by atoms with van der Waals surface area (Å²) in [5.74, 6) is -0.551. The highest BCUT2D eigenvalue weighted by molar-refractivity contribution is 5.97. The molecule has 2 saturated heterocycles. The van der Waals surface area contributed by atoms with Crippen molar-refractivity contribution in [3.8, 4) is 0 Å². The number of aromatic nitrogens is 2. The molecule has 2 aliphatic heterocycles. The molecule has 1 N–H and O–H groups in total. The number of amides is 1. The number of aromatic amines is 1. The lowest BCUT2D eigenvalue weighted by molar-refractivity contribution is -0.183. The van der Waals surface area contributed by atoms with E-state index in [0.717, 1.165) is 30.3 Å². The zero-order valence-electron chi connectivity index (χ0n) is 11.7. The summed E-state index contributed by atoms with van der Waals surface area (Å²) in [4.78, 5) is 14.5. The number of H-pyrrole nitrogens is 1. The number of carbonyl (C=O) groups is 1. The van der Waals surface area contributed by atoms with E-state index >= 15 is 0 Å². The Morgan fingerprint density at radius 3 is 3.05 bits per heavy atom. The highest BCUT2D eigenvalue weighted by atomic mass is 16.7. The number of piperidine rings is 1. The first kappa shape index (κ1) is 12.8. The maximum absolute atomic E-state index is 12.7. The second-order valence-corrected chi connectivity index (χ2v) is 5.61. The van der Waals surface area contributed by atoms with Crippen molar-refractivity contribution in [3.63, 3.8) is 0 Å². The van der Waals surface area contributed by atoms with Crippen molar-refractivity contribution in [2.75, 3.05) is 26.3 Å². The van der Waals surface area contributed by atoms with Crippen LogP contribution in [-0.4, -0.2) is 53.1 Å². The summed E-state index contributed by atoms with van der Waals surface area (Å²) < 4.78 is 11.4. The summed E-state index contributed by atoms with van der Waals surface area (Å²) in [5, 5.41) is 7.82. The van der Waals surface area contributed by atoms with E-state index in [2.05, 4.69) is 10.2 Å². The van der Waals surface area contributed by atoms with Gasteiger partial charge in [-0.05, 0) is 24.6 Å². The first-order valence-corrected chi connectivity index (χ1v) is 7.26. The average Bonchev–Trinajstić information content (AvgIpc) is 3.15. The van der Waals surface area contributed by atoms with E-state index in [-0.39, 0.29) is 5.91 Å². The van der Waals surface area contributed by atoms with Crippen LogP contribution in [0.2, 0.25) is 0 Å². The zero-order valence-corrected chi connectivity index (χ0v) is 11.7. The third kappa shape index (κ3) is 2.20. The molecule has 1 amide bonds. The minimum Gasteiger partial charge on any atom is -0.346 e. The molecule has 4 rings (SSSR count). The topological polar surface area (TPSA) is 67.5 Å². The molecule has 2 aromatic rings. The van der Waals surface area contributed by atoms with Crippen LogP contribution in [-0.2, 0) is 9.47 Å². The Hall–Kier alpha value is -1.92. The third-order valence-electron chi connectivity index (χ3n) is 4.21. The Morgan fingerprint density at radius 2 is 2.19 bits per heavy atom. The second-order valence-electron chi connectivity index (χ2n) is 5.61. The lowest BCUT2D eigenvalue weighted by atomic mass is 10.0. The Labute approximate surface area is 122 Å². The van der Waals surface area contributed by atoms with E-state index < -0.39 is 5.79 Å². The predicted molar refractivity (Wildman–Crippen MR) is 75.9 cm³/mol. The number of nitrogens with one attached hydrogen (secondary N) is 1. The van der Waals surface area contributed by atoms with Crippen LogP contribution >= 0.6 is 0 Å². The highest BCUT2D eigenvalue weighted by Gasteiger charge is 2.42. The van der Waals surface area contributed by atoms with E-state index in [0.29, 0.717) is 25.3 Å². The van der Waals surface area contributed by atoms with Gasteiger partial charge in [-0.3, -0.25) is 9.89 Å². The Balaban J connectivity index is 1.58. The molecule has 110 valence electrons. The molecule has 0 aliphatic carbocycles. The molecule has 6 heteroatoms. The van der Waals surface area contributed by atoms with E-state index in [9.17, 15) is 4.79 Å². The lowest BCUT2D eigenvalue weighted by Crippen LogP contribution is -2.51. The summed E-state index contributed by atoms with van der Waals surface area (Å²) in [5.41, 5.74) is 1.61. The van der Waals surface area contributed by atoms with Gasteiger partial charge in [0.15, 0.2) is 5.79 Å². The molecule has 1 aromatic heterocycles. The SMILES string of the molecule is O=C(c1ccc2[nH]ncc2c1)N1CCCC2(C1)OCCO2. The quantitative estimate of drug-likeness (QED) is 0.864. The second kappa shape index (κ2) is 4.82. The normalized spacial score (nSPS) is 21.2. The number of ether oxygens (including phenoxy) is 2. The van der Waals surface area contributed by atoms with Gasteiger partial charge in [0.2, 0.25) is 0 Å². The van der Waals surface area contributed by atoms with Crippen LogP contribution in [0.3, 0.4) is 0 Å². The first-order chi connectivity index (χ1) is 10.3. The monoisotopic (exact) mass is 287 g/mol. The molecule has 2 aliphatic rings. The molecule has 0 saturated carbocycles. The van der Waals surface area contributed by atoms with Crippen LogP contribution < -0.4 is 0 Å². The fourth-order valence-corrected chi connectivity index (χ4v) is 3.15. The summed E-state index contributed by atoms with van der Waals surface area (Å²) in [6.07, 6.45) is 3.49. The highest BCUT2D eigenvalue weighted by Crippen LogP contribution is 2.30. The van der Waals surface area contributed by atoms with Gasteiger partial charge in [-0.1, -0.05) is 0 Å². The number of hydrogen-bond acceptors (Lipinski definition) is 4. The molecule has 0 radical (unpaired) electrons. The number of nitrogens with zero attached hydrogens (tertiary/aromatic N) is 2. The Bertz CT molecular complexity index is 676. The van der Waals surface area contributed by atoms with Gasteiger partial charge in [-0.2, -0.15) is 5.10 Å². The molecule has 0 bridgehead atoms. The smallest absolute Gasteiger partial charge is 0.254 e. The summed E-state index contributed by atoms with van der Waals surface area (Å²) in [7, 11) is 0. The maximum atomic E-state index is 12.7. The molecule has 6 nitrogen and oxygen atoms in total. The first-order valence-electron chi connectivity index (χ1n) is 7.26. The van der Waals surface area contributed by atoms with Crippen molar-refractivity contribution >= 4 is 16.8 Å². The molecule has 0 unspecified atom stereocenters. The molecule has 0 atom stereocenters. The van der Waals surface area contributed by atoms with Gasteiger partial charge in [-0.25, -0.2) is 0 Å². The molecule has 2 fully saturated rings. The fourth-order valence-electron chi connectivity index (χ4n) is 3.15. The Kier molecular flexibility index (Phi) is 2.94. The maximum Gasteiger partial charge on any atom is 0.254 e. The standard InChI is InChI=1S/C15H17N3O3/c19-14(11-2-3-13-12(8-11)9-16-17-13)18-5-1-4-15(10-18)20-6-7-21-15/h2-3,8-9H,1,4-7,10H2,(H,16,17). The van der Waals surface area contributed by atoms with Gasteiger partial charge in [0, 0.05) is 23.9 Å². The molecular weight excluding hydrogens is 270 g/mol. The van der Waals surface area contributed by atoms with Crippen LogP contribution in [0.5, 0.6) is 0 Å².